The van der Waals surface area contributed by atoms with Gasteiger partial charge in [-0.15, -0.1) is 11.6 Å². The van der Waals surface area contributed by atoms with Gasteiger partial charge in [0.1, 0.15) is 18.0 Å². The van der Waals surface area contributed by atoms with Crippen molar-refractivity contribution in [2.24, 2.45) is 11.7 Å². The smallest absolute Gasteiger partial charge is 0.312 e. The minimum atomic E-state index is -1.13. The molecule has 0 bridgehead atoms. The van der Waals surface area contributed by atoms with Crippen LogP contribution in [0, 0.1) is 12.8 Å². The Hall–Kier alpha value is -5.24. The molecule has 6 N–H and O–H groups in total. The number of methoxy groups -OCH3 is 1. The first-order valence-corrected chi connectivity index (χ1v) is 19.6. The number of amides is 6. The van der Waals surface area contributed by atoms with Gasteiger partial charge in [-0.2, -0.15) is 0 Å². The highest BCUT2D eigenvalue weighted by atomic mass is 35.5. The lowest BCUT2D eigenvalue weighted by molar-refractivity contribution is -0.146. The van der Waals surface area contributed by atoms with Gasteiger partial charge in [0.2, 0.25) is 23.6 Å². The highest BCUT2D eigenvalue weighted by molar-refractivity contribution is 6.27. The summed E-state index contributed by atoms with van der Waals surface area (Å²) in [7, 11) is 1.22. The molecule has 1 saturated heterocycles. The number of urea groups is 1. The lowest BCUT2D eigenvalue weighted by Crippen LogP contribution is -2.59. The van der Waals surface area contributed by atoms with Crippen LogP contribution in [0.25, 0.3) is 5.57 Å². The van der Waals surface area contributed by atoms with Gasteiger partial charge in [0.05, 0.1) is 13.2 Å². The van der Waals surface area contributed by atoms with E-state index in [0.29, 0.717) is 32.1 Å². The monoisotopic (exact) mass is 792 g/mol. The second-order valence-corrected chi connectivity index (χ2v) is 14.5. The molecule has 15 heteroatoms. The second-order valence-electron chi connectivity index (χ2n) is 14.3. The number of primary amides is 1. The lowest BCUT2D eigenvalue weighted by atomic mass is 9.89. The first-order chi connectivity index (χ1) is 26.9. The molecule has 2 aromatic carbocycles. The Morgan fingerprint density at radius 2 is 1.70 bits per heavy atom. The maximum absolute atomic E-state index is 14.4. The molecule has 1 heterocycles. The molecule has 56 heavy (non-hydrogen) atoms. The van der Waals surface area contributed by atoms with Crippen LogP contribution in [-0.2, 0) is 46.5 Å². The SMILES string of the molecule is COC(=O)CC[C@H](NC(=O)CCl)C(=O)N1CCCC[C@H]1C(=O)N[C@@H](CC1=CCc2ccccc21)C(=O)C[C@@H](CCCNC(N)=O)C(=O)NCc1ccc(C)cc1. The number of nitrogens with one attached hydrogen (secondary N) is 4. The van der Waals surface area contributed by atoms with Crippen LogP contribution in [0.5, 0.6) is 0 Å². The zero-order chi connectivity index (χ0) is 40.6. The summed E-state index contributed by atoms with van der Waals surface area (Å²) in [6, 6.07) is 11.7. The number of ketones is 1. The number of alkyl halides is 1. The minimum absolute atomic E-state index is 0.0595. The molecule has 2 aromatic rings. The van der Waals surface area contributed by atoms with E-state index < -0.39 is 59.6 Å². The Bertz CT molecular complexity index is 1770. The van der Waals surface area contributed by atoms with E-state index in [4.69, 9.17) is 22.1 Å². The van der Waals surface area contributed by atoms with E-state index in [-0.39, 0.29) is 63.4 Å². The van der Waals surface area contributed by atoms with Gasteiger partial charge in [-0.05, 0) is 74.1 Å². The summed E-state index contributed by atoms with van der Waals surface area (Å²) in [5.41, 5.74) is 10.2. The summed E-state index contributed by atoms with van der Waals surface area (Å²) in [6.45, 7) is 2.66. The lowest BCUT2D eigenvalue weighted by Gasteiger charge is -2.37. The Morgan fingerprint density at radius 1 is 0.946 bits per heavy atom. The predicted octanol–water partition coefficient (Wildman–Crippen LogP) is 3.21. The molecule has 302 valence electrons. The number of hydrogen-bond donors (Lipinski definition) is 5. The number of nitrogens with zero attached hydrogens (tertiary/aromatic N) is 1. The van der Waals surface area contributed by atoms with Gasteiger partial charge in [-0.1, -0.05) is 60.2 Å². The molecule has 0 saturated carbocycles. The second kappa shape index (κ2) is 21.7. The number of esters is 1. The Morgan fingerprint density at radius 3 is 2.41 bits per heavy atom. The number of likely N-dealkylation sites (tertiary alicyclic amines) is 1. The van der Waals surface area contributed by atoms with Crippen molar-refractivity contribution in [3.8, 4) is 0 Å². The fourth-order valence-corrected chi connectivity index (χ4v) is 7.19. The number of aryl methyl sites for hydroxylation is 1. The molecule has 1 fully saturated rings. The third kappa shape index (κ3) is 12.9. The molecular weight excluding hydrogens is 740 g/mol. The van der Waals surface area contributed by atoms with Crippen molar-refractivity contribution in [1.29, 1.82) is 0 Å². The summed E-state index contributed by atoms with van der Waals surface area (Å²) >= 11 is 5.72. The largest absolute Gasteiger partial charge is 0.469 e. The molecule has 0 spiro atoms. The number of piperidine rings is 1. The standard InChI is InChI=1S/C41H53ClN6O8/c1-26-12-14-27(15-13-26)25-45-38(52)30(9-7-20-44-41(43)55)23-35(49)33(22-29-17-16-28-8-3-4-10-31(28)29)47-39(53)34-11-5-6-21-48(34)40(54)32(46-36(50)24-42)18-19-37(51)56-2/h3-4,8,10,12-15,17,30,32-34H,5-7,9,11,16,18-25H2,1-2H3,(H,45,52)(H,46,50)(H,47,53)(H3,43,44,55)/t30-,32+,33+,34+/m1/s1. The number of ether oxygens (including phenoxy) is 1. The summed E-state index contributed by atoms with van der Waals surface area (Å²) in [6.07, 6.45) is 4.68. The first-order valence-electron chi connectivity index (χ1n) is 19.1. The van der Waals surface area contributed by atoms with Crippen molar-refractivity contribution in [1.82, 2.24) is 26.2 Å². The van der Waals surface area contributed by atoms with Crippen LogP contribution in [0.3, 0.4) is 0 Å². The average molecular weight is 793 g/mol. The van der Waals surface area contributed by atoms with E-state index in [1.807, 2.05) is 61.5 Å². The van der Waals surface area contributed by atoms with Crippen molar-refractivity contribution < 1.29 is 38.3 Å². The van der Waals surface area contributed by atoms with Gasteiger partial charge in [-0.25, -0.2) is 4.79 Å². The molecule has 14 nitrogen and oxygen atoms in total. The van der Waals surface area contributed by atoms with Crippen LogP contribution in [0.1, 0.15) is 80.0 Å². The number of fused-ring (bicyclic) bond motifs is 1. The number of rotatable bonds is 20. The molecule has 1 aliphatic heterocycles. The predicted molar refractivity (Wildman–Crippen MR) is 211 cm³/mol. The van der Waals surface area contributed by atoms with Crippen LogP contribution >= 0.6 is 11.6 Å². The Balaban J connectivity index is 1.57. The molecular formula is C41H53ClN6O8. The number of Topliss-reactive ketones (excluding diaryl/α,β-unsaturated/α-hetero) is 1. The van der Waals surface area contributed by atoms with Crippen LogP contribution in [0.4, 0.5) is 4.79 Å². The number of nitrogens with two attached hydrogens (primary N) is 1. The van der Waals surface area contributed by atoms with Crippen molar-refractivity contribution in [3.05, 3.63) is 76.9 Å². The summed E-state index contributed by atoms with van der Waals surface area (Å²) < 4.78 is 4.73. The highest BCUT2D eigenvalue weighted by Crippen LogP contribution is 2.31. The Labute approximate surface area is 332 Å². The van der Waals surface area contributed by atoms with E-state index in [2.05, 4.69) is 21.3 Å². The van der Waals surface area contributed by atoms with Crippen LogP contribution in [-0.4, -0.2) is 90.5 Å². The molecule has 4 rings (SSSR count). The first kappa shape index (κ1) is 43.5. The zero-order valence-electron chi connectivity index (χ0n) is 32.1. The van der Waals surface area contributed by atoms with Gasteiger partial charge in [0, 0.05) is 44.8 Å². The van der Waals surface area contributed by atoms with Crippen LogP contribution in [0.15, 0.2) is 54.6 Å². The van der Waals surface area contributed by atoms with E-state index >= 15 is 0 Å². The quantitative estimate of drug-likeness (QED) is 0.0763. The van der Waals surface area contributed by atoms with E-state index in [1.165, 1.54) is 12.0 Å². The number of carbonyl (C=O) groups is 7. The third-order valence-corrected chi connectivity index (χ3v) is 10.4. The maximum atomic E-state index is 14.4. The van der Waals surface area contributed by atoms with E-state index in [1.54, 1.807) is 0 Å². The minimum Gasteiger partial charge on any atom is -0.469 e. The molecule has 0 unspecified atom stereocenters. The normalized spacial score (nSPS) is 16.3. The summed E-state index contributed by atoms with van der Waals surface area (Å²) in [5, 5.41) is 11.0. The van der Waals surface area contributed by atoms with Crippen molar-refractivity contribution in [2.45, 2.75) is 95.8 Å². The zero-order valence-corrected chi connectivity index (χ0v) is 32.8. The number of halogens is 1. The fraction of sp³-hybridized carbons (Fsp3) is 0.488. The van der Waals surface area contributed by atoms with Gasteiger partial charge >= 0.3 is 12.0 Å². The van der Waals surface area contributed by atoms with Crippen molar-refractivity contribution in [2.75, 3.05) is 26.1 Å². The van der Waals surface area contributed by atoms with Gasteiger partial charge in [-0.3, -0.25) is 28.8 Å². The molecule has 0 aromatic heterocycles. The van der Waals surface area contributed by atoms with E-state index in [9.17, 15) is 33.6 Å². The molecule has 0 radical (unpaired) electrons. The number of hydrogen-bond acceptors (Lipinski definition) is 8. The molecule has 4 atom stereocenters. The summed E-state index contributed by atoms with van der Waals surface area (Å²) in [4.78, 5) is 93.2. The number of benzene rings is 2. The summed E-state index contributed by atoms with van der Waals surface area (Å²) in [5.74, 6) is -4.13. The fourth-order valence-electron chi connectivity index (χ4n) is 7.11. The molecule has 2 aliphatic rings. The molecule has 1 aliphatic carbocycles. The van der Waals surface area contributed by atoms with Gasteiger partial charge in [0.15, 0.2) is 5.78 Å². The average Bonchev–Trinajstić information content (AvgIpc) is 3.61. The highest BCUT2D eigenvalue weighted by Gasteiger charge is 2.38. The van der Waals surface area contributed by atoms with Crippen molar-refractivity contribution in [3.63, 3.8) is 0 Å². The van der Waals surface area contributed by atoms with Gasteiger partial charge < -0.3 is 36.6 Å². The molecule has 6 amide bonds. The topological polar surface area (TPSA) is 206 Å². The third-order valence-electron chi connectivity index (χ3n) is 10.2. The number of allylic oxidation sites excluding steroid dienone is 1. The van der Waals surface area contributed by atoms with Crippen LogP contribution < -0.4 is 27.0 Å². The van der Waals surface area contributed by atoms with E-state index in [0.717, 1.165) is 27.8 Å². The van der Waals surface area contributed by atoms with Crippen molar-refractivity contribution >= 4 is 58.6 Å². The maximum Gasteiger partial charge on any atom is 0.312 e. The van der Waals surface area contributed by atoms with Gasteiger partial charge in [0.25, 0.3) is 0 Å². The number of carbonyl (C=O) groups excluding carboxylic acids is 7. The van der Waals surface area contributed by atoms with Crippen LogP contribution in [0.2, 0.25) is 0 Å². The Kier molecular flexibility index (Phi) is 16.9.